The van der Waals surface area contributed by atoms with Crippen molar-refractivity contribution in [3.05, 3.63) is 65.2 Å². The Balaban J connectivity index is 1.68. The Labute approximate surface area is 112 Å². The standard InChI is InChI=1S/C16H15NO2/c1-12-6-8-15(9-7-12)19-16(18)17-10-13-4-2-3-5-14(13)11-17/h2-9H,10-11H2,1H3. The van der Waals surface area contributed by atoms with Crippen LogP contribution in [0, 0.1) is 6.92 Å². The topological polar surface area (TPSA) is 29.5 Å². The summed E-state index contributed by atoms with van der Waals surface area (Å²) in [4.78, 5) is 13.8. The van der Waals surface area contributed by atoms with Crippen LogP contribution < -0.4 is 4.74 Å². The summed E-state index contributed by atoms with van der Waals surface area (Å²) in [7, 11) is 0. The molecule has 3 nitrogen and oxygen atoms in total. The molecule has 0 spiro atoms. The number of fused-ring (bicyclic) bond motifs is 1. The number of carbonyl (C=O) groups is 1. The zero-order valence-electron chi connectivity index (χ0n) is 10.8. The summed E-state index contributed by atoms with van der Waals surface area (Å²) >= 11 is 0. The molecule has 0 aliphatic carbocycles. The zero-order chi connectivity index (χ0) is 13.2. The van der Waals surface area contributed by atoms with E-state index < -0.39 is 0 Å². The Hall–Kier alpha value is -2.29. The highest BCUT2D eigenvalue weighted by Gasteiger charge is 2.24. The van der Waals surface area contributed by atoms with E-state index in [0.29, 0.717) is 18.8 Å². The number of hydrogen-bond acceptors (Lipinski definition) is 2. The highest BCUT2D eigenvalue weighted by atomic mass is 16.6. The molecule has 3 rings (SSSR count). The van der Waals surface area contributed by atoms with E-state index >= 15 is 0 Å². The SMILES string of the molecule is Cc1ccc(OC(=O)N2Cc3ccccc3C2)cc1. The van der Waals surface area contributed by atoms with E-state index in [1.165, 1.54) is 11.1 Å². The normalized spacial score (nSPS) is 13.2. The van der Waals surface area contributed by atoms with Gasteiger partial charge in [0.15, 0.2) is 0 Å². The molecule has 96 valence electrons. The van der Waals surface area contributed by atoms with Crippen molar-refractivity contribution in [2.45, 2.75) is 20.0 Å². The summed E-state index contributed by atoms with van der Waals surface area (Å²) in [5.74, 6) is 0.589. The first-order valence-corrected chi connectivity index (χ1v) is 6.32. The van der Waals surface area contributed by atoms with Gasteiger partial charge >= 0.3 is 6.09 Å². The van der Waals surface area contributed by atoms with Crippen molar-refractivity contribution in [2.24, 2.45) is 0 Å². The Morgan fingerprint density at radius 2 is 1.58 bits per heavy atom. The van der Waals surface area contributed by atoms with Crippen LogP contribution in [0.5, 0.6) is 5.75 Å². The number of benzene rings is 2. The van der Waals surface area contributed by atoms with Gasteiger partial charge in [-0.3, -0.25) is 4.90 Å². The molecule has 1 amide bonds. The molecule has 0 N–H and O–H groups in total. The summed E-state index contributed by atoms with van der Waals surface area (Å²) in [5, 5.41) is 0. The monoisotopic (exact) mass is 253 g/mol. The van der Waals surface area contributed by atoms with Gasteiger partial charge in [-0.05, 0) is 30.2 Å². The van der Waals surface area contributed by atoms with Crippen molar-refractivity contribution in [1.29, 1.82) is 0 Å². The van der Waals surface area contributed by atoms with Crippen LogP contribution in [-0.2, 0) is 13.1 Å². The first kappa shape index (κ1) is 11.8. The molecule has 0 saturated carbocycles. The van der Waals surface area contributed by atoms with E-state index in [0.717, 1.165) is 5.56 Å². The van der Waals surface area contributed by atoms with Gasteiger partial charge in [0.1, 0.15) is 5.75 Å². The van der Waals surface area contributed by atoms with Gasteiger partial charge in [-0.2, -0.15) is 0 Å². The van der Waals surface area contributed by atoms with Crippen LogP contribution in [0.3, 0.4) is 0 Å². The fraction of sp³-hybridized carbons (Fsp3) is 0.188. The molecule has 3 heteroatoms. The van der Waals surface area contributed by atoms with E-state index in [-0.39, 0.29) is 6.09 Å². The van der Waals surface area contributed by atoms with Crippen molar-refractivity contribution in [3.8, 4) is 5.75 Å². The molecular formula is C16H15NO2. The van der Waals surface area contributed by atoms with Crippen LogP contribution in [-0.4, -0.2) is 11.0 Å². The predicted octanol–water partition coefficient (Wildman–Crippen LogP) is 3.51. The molecule has 0 aromatic heterocycles. The van der Waals surface area contributed by atoms with E-state index in [1.54, 1.807) is 4.90 Å². The number of rotatable bonds is 1. The van der Waals surface area contributed by atoms with Crippen LogP contribution in [0.15, 0.2) is 48.5 Å². The minimum Gasteiger partial charge on any atom is -0.410 e. The van der Waals surface area contributed by atoms with E-state index in [4.69, 9.17) is 4.74 Å². The molecule has 0 radical (unpaired) electrons. The fourth-order valence-corrected chi connectivity index (χ4v) is 2.23. The zero-order valence-corrected chi connectivity index (χ0v) is 10.8. The van der Waals surface area contributed by atoms with Crippen molar-refractivity contribution in [1.82, 2.24) is 4.90 Å². The van der Waals surface area contributed by atoms with Gasteiger partial charge in [0.25, 0.3) is 0 Å². The third kappa shape index (κ3) is 2.45. The number of amides is 1. The highest BCUT2D eigenvalue weighted by molar-refractivity contribution is 5.71. The lowest BCUT2D eigenvalue weighted by molar-refractivity contribution is 0.152. The molecule has 19 heavy (non-hydrogen) atoms. The minimum absolute atomic E-state index is 0.292. The maximum atomic E-state index is 12.1. The summed E-state index contributed by atoms with van der Waals surface area (Å²) < 4.78 is 5.37. The number of carbonyl (C=O) groups excluding carboxylic acids is 1. The average Bonchev–Trinajstić information content (AvgIpc) is 2.85. The molecule has 2 aromatic rings. The van der Waals surface area contributed by atoms with Gasteiger partial charge in [0, 0.05) is 13.1 Å². The lowest BCUT2D eigenvalue weighted by Crippen LogP contribution is -2.28. The van der Waals surface area contributed by atoms with Crippen LogP contribution in [0.2, 0.25) is 0 Å². The Bertz CT molecular complexity index is 579. The van der Waals surface area contributed by atoms with Crippen LogP contribution in [0.25, 0.3) is 0 Å². The Kier molecular flexibility index (Phi) is 2.95. The van der Waals surface area contributed by atoms with Crippen molar-refractivity contribution in [3.63, 3.8) is 0 Å². The van der Waals surface area contributed by atoms with E-state index in [9.17, 15) is 4.79 Å². The molecule has 2 aromatic carbocycles. The minimum atomic E-state index is -0.292. The molecule has 1 aliphatic rings. The Morgan fingerprint density at radius 1 is 1.00 bits per heavy atom. The maximum absolute atomic E-state index is 12.1. The van der Waals surface area contributed by atoms with E-state index in [1.807, 2.05) is 43.3 Å². The predicted molar refractivity (Wildman–Crippen MR) is 72.9 cm³/mol. The summed E-state index contributed by atoms with van der Waals surface area (Å²) in [6, 6.07) is 15.6. The molecule has 0 fully saturated rings. The van der Waals surface area contributed by atoms with Gasteiger partial charge in [-0.25, -0.2) is 4.79 Å². The molecule has 0 saturated heterocycles. The van der Waals surface area contributed by atoms with E-state index in [2.05, 4.69) is 12.1 Å². The lowest BCUT2D eigenvalue weighted by Gasteiger charge is -2.15. The first-order chi connectivity index (χ1) is 9.22. The summed E-state index contributed by atoms with van der Waals surface area (Å²) in [6.45, 7) is 3.25. The molecule has 0 atom stereocenters. The number of hydrogen-bond donors (Lipinski definition) is 0. The second kappa shape index (κ2) is 4.76. The molecular weight excluding hydrogens is 238 g/mol. The molecule has 1 heterocycles. The number of nitrogens with zero attached hydrogens (tertiary/aromatic N) is 1. The van der Waals surface area contributed by atoms with Gasteiger partial charge < -0.3 is 4.74 Å². The van der Waals surface area contributed by atoms with Gasteiger partial charge in [0.2, 0.25) is 0 Å². The average molecular weight is 253 g/mol. The van der Waals surface area contributed by atoms with Gasteiger partial charge in [-0.1, -0.05) is 42.0 Å². The van der Waals surface area contributed by atoms with Gasteiger partial charge in [0.05, 0.1) is 0 Å². The summed E-state index contributed by atoms with van der Waals surface area (Å²) in [5.41, 5.74) is 3.54. The summed E-state index contributed by atoms with van der Waals surface area (Å²) in [6.07, 6.45) is -0.292. The smallest absolute Gasteiger partial charge is 0.410 e. The third-order valence-electron chi connectivity index (χ3n) is 3.33. The lowest BCUT2D eigenvalue weighted by atomic mass is 10.1. The largest absolute Gasteiger partial charge is 0.415 e. The molecule has 0 unspecified atom stereocenters. The molecule has 0 bridgehead atoms. The van der Waals surface area contributed by atoms with Gasteiger partial charge in [-0.15, -0.1) is 0 Å². The second-order valence-corrected chi connectivity index (χ2v) is 4.81. The first-order valence-electron chi connectivity index (χ1n) is 6.32. The maximum Gasteiger partial charge on any atom is 0.415 e. The quantitative estimate of drug-likeness (QED) is 0.778. The van der Waals surface area contributed by atoms with Crippen molar-refractivity contribution < 1.29 is 9.53 Å². The number of ether oxygens (including phenoxy) is 1. The second-order valence-electron chi connectivity index (χ2n) is 4.81. The molecule has 1 aliphatic heterocycles. The number of aryl methyl sites for hydroxylation is 1. The van der Waals surface area contributed by atoms with Crippen LogP contribution in [0.4, 0.5) is 4.79 Å². The van der Waals surface area contributed by atoms with Crippen LogP contribution >= 0.6 is 0 Å². The fourth-order valence-electron chi connectivity index (χ4n) is 2.23. The van der Waals surface area contributed by atoms with Crippen LogP contribution in [0.1, 0.15) is 16.7 Å². The highest BCUT2D eigenvalue weighted by Crippen LogP contribution is 2.23. The van der Waals surface area contributed by atoms with Crippen molar-refractivity contribution >= 4 is 6.09 Å². The third-order valence-corrected chi connectivity index (χ3v) is 3.33. The Morgan fingerprint density at radius 3 is 2.16 bits per heavy atom. The van der Waals surface area contributed by atoms with Crippen molar-refractivity contribution in [2.75, 3.05) is 0 Å².